The highest BCUT2D eigenvalue weighted by molar-refractivity contribution is 5.89. The van der Waals surface area contributed by atoms with E-state index in [4.69, 9.17) is 4.74 Å². The highest BCUT2D eigenvalue weighted by Gasteiger charge is 2.65. The number of likely N-dealkylation sites (tertiary alicyclic amines) is 1. The molecule has 4 unspecified atom stereocenters. The lowest BCUT2D eigenvalue weighted by molar-refractivity contribution is -0.139. The summed E-state index contributed by atoms with van der Waals surface area (Å²) in [5.41, 5.74) is 2.33. The SMILES string of the molecule is O=C1CCC2C3Cc4ccc(O)c5c4C2(CCN3CC2CCC2)C1O5. The second kappa shape index (κ2) is 4.79. The summed E-state index contributed by atoms with van der Waals surface area (Å²) in [6.45, 7) is 2.30. The molecule has 1 aromatic rings. The molecule has 3 aliphatic carbocycles. The Morgan fingerprint density at radius 1 is 1.28 bits per heavy atom. The van der Waals surface area contributed by atoms with Gasteiger partial charge in [-0.2, -0.15) is 0 Å². The van der Waals surface area contributed by atoms with E-state index in [-0.39, 0.29) is 23.1 Å². The van der Waals surface area contributed by atoms with Crippen molar-refractivity contribution in [2.45, 2.75) is 62.5 Å². The minimum absolute atomic E-state index is 0.169. The monoisotopic (exact) mass is 339 g/mol. The van der Waals surface area contributed by atoms with Gasteiger partial charge in [0, 0.05) is 30.0 Å². The highest BCUT2D eigenvalue weighted by atomic mass is 16.5. The number of piperidine rings is 1. The van der Waals surface area contributed by atoms with E-state index < -0.39 is 0 Å². The van der Waals surface area contributed by atoms with Crippen LogP contribution in [0.4, 0.5) is 0 Å². The van der Waals surface area contributed by atoms with Gasteiger partial charge in [0.15, 0.2) is 23.4 Å². The number of benzene rings is 1. The second-order valence-electron chi connectivity index (χ2n) is 8.91. The number of hydrogen-bond donors (Lipinski definition) is 1. The Balaban J connectivity index is 1.49. The second-order valence-corrected chi connectivity index (χ2v) is 8.91. The first kappa shape index (κ1) is 14.6. The van der Waals surface area contributed by atoms with Gasteiger partial charge in [-0.15, -0.1) is 0 Å². The summed E-state index contributed by atoms with van der Waals surface area (Å²) in [6, 6.07) is 4.38. The maximum atomic E-state index is 12.7. The number of aromatic hydroxyl groups is 1. The van der Waals surface area contributed by atoms with Crippen LogP contribution in [-0.4, -0.2) is 41.0 Å². The average molecular weight is 339 g/mol. The van der Waals surface area contributed by atoms with Crippen molar-refractivity contribution < 1.29 is 14.6 Å². The van der Waals surface area contributed by atoms with E-state index in [2.05, 4.69) is 11.0 Å². The summed E-state index contributed by atoms with van der Waals surface area (Å²) < 4.78 is 6.15. The normalized spacial score (nSPS) is 38.9. The molecule has 25 heavy (non-hydrogen) atoms. The fraction of sp³-hybridized carbons (Fsp3) is 0.667. The lowest BCUT2D eigenvalue weighted by atomic mass is 9.51. The summed E-state index contributed by atoms with van der Waals surface area (Å²) in [5.74, 6) is 2.45. The molecule has 1 aromatic carbocycles. The third-order valence-corrected chi connectivity index (χ3v) is 7.94. The zero-order valence-electron chi connectivity index (χ0n) is 14.5. The van der Waals surface area contributed by atoms with Crippen LogP contribution in [0.1, 0.15) is 49.7 Å². The largest absolute Gasteiger partial charge is 0.504 e. The van der Waals surface area contributed by atoms with E-state index in [0.717, 1.165) is 31.7 Å². The molecule has 0 aromatic heterocycles. The minimum atomic E-state index is -0.359. The van der Waals surface area contributed by atoms with Crippen molar-refractivity contribution in [1.82, 2.24) is 4.90 Å². The number of Topliss-reactive ketones (excluding diaryl/α,β-unsaturated/α-hetero) is 1. The van der Waals surface area contributed by atoms with Gasteiger partial charge in [0.2, 0.25) is 0 Å². The third kappa shape index (κ3) is 1.69. The van der Waals surface area contributed by atoms with Crippen LogP contribution in [0, 0.1) is 11.8 Å². The van der Waals surface area contributed by atoms with Crippen LogP contribution in [0.15, 0.2) is 12.1 Å². The van der Waals surface area contributed by atoms with Crippen LogP contribution in [0.2, 0.25) is 0 Å². The molecule has 4 heteroatoms. The molecule has 6 rings (SSSR count). The smallest absolute Gasteiger partial charge is 0.174 e. The van der Waals surface area contributed by atoms with Crippen molar-refractivity contribution in [3.8, 4) is 11.5 Å². The predicted molar refractivity (Wildman–Crippen MR) is 93.0 cm³/mol. The molecule has 4 nitrogen and oxygen atoms in total. The van der Waals surface area contributed by atoms with E-state index in [1.807, 2.05) is 0 Å². The lowest BCUT2D eigenvalue weighted by Gasteiger charge is -2.58. The molecule has 2 aliphatic heterocycles. The molecule has 132 valence electrons. The Kier molecular flexibility index (Phi) is 2.80. The number of phenols is 1. The van der Waals surface area contributed by atoms with E-state index >= 15 is 0 Å². The van der Waals surface area contributed by atoms with Gasteiger partial charge in [0.25, 0.3) is 0 Å². The van der Waals surface area contributed by atoms with E-state index in [9.17, 15) is 9.90 Å². The zero-order chi connectivity index (χ0) is 16.8. The van der Waals surface area contributed by atoms with Crippen LogP contribution in [-0.2, 0) is 16.6 Å². The Labute approximate surface area is 148 Å². The summed E-state index contributed by atoms with van der Waals surface area (Å²) in [6.07, 6.45) is 7.48. The summed E-state index contributed by atoms with van der Waals surface area (Å²) in [7, 11) is 0. The van der Waals surface area contributed by atoms with Crippen LogP contribution < -0.4 is 4.74 Å². The standard InChI is InChI=1S/C21H25NO3/c23-16-6-4-13-10-15-14-5-7-17(24)20-21(14,18(13)19(16)25-20)8-9-22(15)11-12-2-1-3-12/h4,6,12,14-15,20,23H,1-3,5,7-11H2. The molecule has 3 fully saturated rings. The molecular weight excluding hydrogens is 314 g/mol. The van der Waals surface area contributed by atoms with E-state index in [1.54, 1.807) is 6.07 Å². The van der Waals surface area contributed by atoms with Gasteiger partial charge in [0.1, 0.15) is 0 Å². The Hall–Kier alpha value is -1.55. The zero-order valence-corrected chi connectivity index (χ0v) is 14.5. The molecule has 4 atom stereocenters. The predicted octanol–water partition coefficient (Wildman–Crippen LogP) is 2.80. The molecule has 0 radical (unpaired) electrons. The molecule has 0 amide bonds. The number of ether oxygens (including phenoxy) is 1. The van der Waals surface area contributed by atoms with Gasteiger partial charge >= 0.3 is 0 Å². The third-order valence-electron chi connectivity index (χ3n) is 7.94. The number of ketones is 1. The topological polar surface area (TPSA) is 49.8 Å². The highest BCUT2D eigenvalue weighted by Crippen LogP contribution is 2.63. The number of carbonyl (C=O) groups is 1. The fourth-order valence-corrected chi connectivity index (χ4v) is 6.64. The molecule has 2 bridgehead atoms. The first-order valence-corrected chi connectivity index (χ1v) is 9.97. The van der Waals surface area contributed by atoms with Crippen LogP contribution >= 0.6 is 0 Å². The first-order chi connectivity index (χ1) is 12.2. The van der Waals surface area contributed by atoms with Crippen molar-refractivity contribution in [2.75, 3.05) is 13.1 Å². The number of phenolic OH excluding ortho intramolecular Hbond substituents is 1. The van der Waals surface area contributed by atoms with Crippen molar-refractivity contribution in [1.29, 1.82) is 0 Å². The summed E-state index contributed by atoms with van der Waals surface area (Å²) in [5, 5.41) is 10.4. The summed E-state index contributed by atoms with van der Waals surface area (Å²) in [4.78, 5) is 15.5. The Morgan fingerprint density at radius 3 is 2.96 bits per heavy atom. The van der Waals surface area contributed by atoms with Crippen LogP contribution in [0.25, 0.3) is 0 Å². The number of nitrogens with zero attached hydrogens (tertiary/aromatic N) is 1. The first-order valence-electron chi connectivity index (χ1n) is 9.97. The van der Waals surface area contributed by atoms with Gasteiger partial charge in [-0.1, -0.05) is 12.5 Å². The number of carbonyl (C=O) groups excluding carboxylic acids is 1. The molecule has 5 aliphatic rings. The van der Waals surface area contributed by atoms with Gasteiger partial charge in [0.05, 0.1) is 0 Å². The van der Waals surface area contributed by atoms with Crippen LogP contribution in [0.5, 0.6) is 11.5 Å². The van der Waals surface area contributed by atoms with Gasteiger partial charge < -0.3 is 9.84 Å². The Bertz CT molecular complexity index is 771. The molecular formula is C21H25NO3. The van der Waals surface area contributed by atoms with Crippen molar-refractivity contribution in [3.63, 3.8) is 0 Å². The quantitative estimate of drug-likeness (QED) is 0.900. The van der Waals surface area contributed by atoms with Gasteiger partial charge in [-0.3, -0.25) is 9.69 Å². The molecule has 1 spiro atoms. The fourth-order valence-electron chi connectivity index (χ4n) is 6.64. The molecule has 1 N–H and O–H groups in total. The van der Waals surface area contributed by atoms with Crippen molar-refractivity contribution >= 4 is 5.78 Å². The Morgan fingerprint density at radius 2 is 2.16 bits per heavy atom. The molecule has 2 heterocycles. The molecule has 1 saturated heterocycles. The average Bonchev–Trinajstić information content (AvgIpc) is 2.92. The lowest BCUT2D eigenvalue weighted by Crippen LogP contribution is -2.66. The van der Waals surface area contributed by atoms with Gasteiger partial charge in [-0.05, 0) is 62.1 Å². The minimum Gasteiger partial charge on any atom is -0.504 e. The number of rotatable bonds is 2. The maximum absolute atomic E-state index is 12.7. The maximum Gasteiger partial charge on any atom is 0.174 e. The van der Waals surface area contributed by atoms with E-state index in [0.29, 0.717) is 24.1 Å². The van der Waals surface area contributed by atoms with Gasteiger partial charge in [-0.25, -0.2) is 0 Å². The summed E-state index contributed by atoms with van der Waals surface area (Å²) >= 11 is 0. The van der Waals surface area contributed by atoms with Crippen molar-refractivity contribution in [3.05, 3.63) is 23.3 Å². The van der Waals surface area contributed by atoms with E-state index in [1.165, 1.54) is 36.9 Å². The van der Waals surface area contributed by atoms with Crippen LogP contribution in [0.3, 0.4) is 0 Å². The molecule has 2 saturated carbocycles. The number of hydrogen-bond acceptors (Lipinski definition) is 4. The van der Waals surface area contributed by atoms with Crippen molar-refractivity contribution in [2.24, 2.45) is 11.8 Å².